The van der Waals surface area contributed by atoms with E-state index in [9.17, 15) is 0 Å². The molecule has 2 atom stereocenters. The topological polar surface area (TPSA) is 78.7 Å². The second-order valence-corrected chi connectivity index (χ2v) is 6.71. The normalized spacial score (nSPS) is 19.6. The van der Waals surface area contributed by atoms with Gasteiger partial charge in [-0.1, -0.05) is 0 Å². The molecule has 0 aliphatic heterocycles. The first-order chi connectivity index (χ1) is 12.1. The van der Waals surface area contributed by atoms with E-state index in [1.165, 1.54) is 5.56 Å². The highest BCUT2D eigenvalue weighted by molar-refractivity contribution is 5.54. The summed E-state index contributed by atoms with van der Waals surface area (Å²) in [7, 11) is 3.89. The largest absolute Gasteiger partial charge is 0.276 e. The molecule has 0 radical (unpaired) electrons. The van der Waals surface area contributed by atoms with Crippen LogP contribution in [0.25, 0.3) is 17.3 Å². The third-order valence-electron chi connectivity index (χ3n) is 4.88. The monoisotopic (exact) mass is 334 g/mol. The molecule has 8 nitrogen and oxygen atoms in total. The molecule has 4 aromatic rings. The molecular formula is C17H18N8. The maximum absolute atomic E-state index is 4.70. The third kappa shape index (κ3) is 2.25. The SMILES string of the molecule is Cc1ccnc2nc(-c3cc([C@H]4C[C@@H]4c4cnn(C)c4)nn3C)nn12. The molecule has 1 fully saturated rings. The van der Waals surface area contributed by atoms with Crippen molar-refractivity contribution in [3.63, 3.8) is 0 Å². The summed E-state index contributed by atoms with van der Waals surface area (Å²) in [5.41, 5.74) is 4.29. The maximum atomic E-state index is 4.70. The van der Waals surface area contributed by atoms with E-state index in [4.69, 9.17) is 5.10 Å². The highest BCUT2D eigenvalue weighted by Crippen LogP contribution is 2.54. The van der Waals surface area contributed by atoms with Gasteiger partial charge in [-0.2, -0.15) is 15.2 Å². The lowest BCUT2D eigenvalue weighted by molar-refractivity contribution is 0.742. The predicted octanol–water partition coefficient (Wildman–Crippen LogP) is 1.84. The Balaban J connectivity index is 1.48. The predicted molar refractivity (Wildman–Crippen MR) is 91.0 cm³/mol. The zero-order chi connectivity index (χ0) is 17.1. The number of aryl methyl sites for hydroxylation is 3. The first-order valence-corrected chi connectivity index (χ1v) is 8.31. The van der Waals surface area contributed by atoms with Gasteiger partial charge in [0.1, 0.15) is 5.69 Å². The molecule has 126 valence electrons. The van der Waals surface area contributed by atoms with Crippen molar-refractivity contribution in [1.29, 1.82) is 0 Å². The fraction of sp³-hybridized carbons (Fsp3) is 0.353. The molecule has 4 aromatic heterocycles. The highest BCUT2D eigenvalue weighted by Gasteiger charge is 2.42. The van der Waals surface area contributed by atoms with E-state index in [0.29, 0.717) is 23.4 Å². The Bertz CT molecular complexity index is 1090. The molecule has 0 unspecified atom stereocenters. The number of aromatic nitrogens is 8. The molecule has 25 heavy (non-hydrogen) atoms. The molecule has 0 spiro atoms. The van der Waals surface area contributed by atoms with Crippen molar-refractivity contribution in [2.24, 2.45) is 14.1 Å². The van der Waals surface area contributed by atoms with Crippen molar-refractivity contribution in [3.8, 4) is 11.5 Å². The van der Waals surface area contributed by atoms with Crippen LogP contribution in [-0.2, 0) is 14.1 Å². The smallest absolute Gasteiger partial charge is 0.252 e. The van der Waals surface area contributed by atoms with Crippen molar-refractivity contribution < 1.29 is 0 Å². The molecule has 0 aromatic carbocycles. The summed E-state index contributed by atoms with van der Waals surface area (Å²) in [4.78, 5) is 8.82. The quantitative estimate of drug-likeness (QED) is 0.571. The number of nitrogens with zero attached hydrogens (tertiary/aromatic N) is 8. The van der Waals surface area contributed by atoms with Crippen molar-refractivity contribution in [3.05, 3.63) is 47.7 Å². The summed E-state index contributed by atoms with van der Waals surface area (Å²) in [6.45, 7) is 1.99. The van der Waals surface area contributed by atoms with E-state index in [1.807, 2.05) is 42.6 Å². The number of fused-ring (bicyclic) bond motifs is 1. The lowest BCUT2D eigenvalue weighted by Gasteiger charge is -1.94. The van der Waals surface area contributed by atoms with E-state index >= 15 is 0 Å². The zero-order valence-corrected chi connectivity index (χ0v) is 14.3. The summed E-state index contributed by atoms with van der Waals surface area (Å²) >= 11 is 0. The lowest BCUT2D eigenvalue weighted by Crippen LogP contribution is -1.97. The van der Waals surface area contributed by atoms with E-state index in [-0.39, 0.29) is 0 Å². The van der Waals surface area contributed by atoms with Crippen LogP contribution in [-0.4, -0.2) is 39.1 Å². The fourth-order valence-corrected chi connectivity index (χ4v) is 3.42. The Labute approximate surface area is 144 Å². The minimum Gasteiger partial charge on any atom is -0.276 e. The molecular weight excluding hydrogens is 316 g/mol. The number of rotatable bonds is 3. The van der Waals surface area contributed by atoms with Gasteiger partial charge in [-0.15, -0.1) is 5.10 Å². The van der Waals surface area contributed by atoms with E-state index < -0.39 is 0 Å². The molecule has 8 heteroatoms. The van der Waals surface area contributed by atoms with Gasteiger partial charge in [0.15, 0.2) is 0 Å². The van der Waals surface area contributed by atoms with Crippen LogP contribution in [0.15, 0.2) is 30.7 Å². The molecule has 5 rings (SSSR count). The minimum absolute atomic E-state index is 0.445. The molecule has 1 saturated carbocycles. The molecule has 0 bridgehead atoms. The van der Waals surface area contributed by atoms with E-state index in [1.54, 1.807) is 10.7 Å². The zero-order valence-electron chi connectivity index (χ0n) is 14.3. The Morgan fingerprint density at radius 3 is 2.80 bits per heavy atom. The Morgan fingerprint density at radius 1 is 1.16 bits per heavy atom. The Hall–Kier alpha value is -3.03. The van der Waals surface area contributed by atoms with Crippen LogP contribution in [0.4, 0.5) is 0 Å². The average molecular weight is 334 g/mol. The van der Waals surface area contributed by atoms with Gasteiger partial charge in [-0.3, -0.25) is 9.36 Å². The number of hydrogen-bond acceptors (Lipinski definition) is 5. The first-order valence-electron chi connectivity index (χ1n) is 8.31. The molecule has 1 aliphatic carbocycles. The third-order valence-corrected chi connectivity index (χ3v) is 4.88. The fourth-order valence-electron chi connectivity index (χ4n) is 3.42. The number of hydrogen-bond donors (Lipinski definition) is 0. The van der Waals surface area contributed by atoms with Crippen LogP contribution in [0.5, 0.6) is 0 Å². The second-order valence-electron chi connectivity index (χ2n) is 6.71. The summed E-state index contributed by atoms with van der Waals surface area (Å²) in [6.07, 6.45) is 6.90. The Kier molecular flexibility index (Phi) is 2.85. The van der Waals surface area contributed by atoms with Gasteiger partial charge < -0.3 is 0 Å². The van der Waals surface area contributed by atoms with Gasteiger partial charge in [0.05, 0.1) is 11.9 Å². The Morgan fingerprint density at radius 2 is 2.04 bits per heavy atom. The van der Waals surface area contributed by atoms with Crippen molar-refractivity contribution >= 4 is 5.78 Å². The molecule has 4 heterocycles. The van der Waals surface area contributed by atoms with Crippen molar-refractivity contribution in [1.82, 2.24) is 39.1 Å². The van der Waals surface area contributed by atoms with E-state index in [2.05, 4.69) is 32.4 Å². The van der Waals surface area contributed by atoms with Crippen LogP contribution in [0.3, 0.4) is 0 Å². The molecule has 0 saturated heterocycles. The summed E-state index contributed by atoms with van der Waals surface area (Å²) in [5.74, 6) is 2.22. The molecule has 0 N–H and O–H groups in total. The summed E-state index contributed by atoms with van der Waals surface area (Å²) in [6, 6.07) is 4.02. The van der Waals surface area contributed by atoms with Crippen molar-refractivity contribution in [2.45, 2.75) is 25.2 Å². The van der Waals surface area contributed by atoms with Crippen LogP contribution < -0.4 is 0 Å². The van der Waals surface area contributed by atoms with Gasteiger partial charge in [0.25, 0.3) is 5.78 Å². The van der Waals surface area contributed by atoms with Gasteiger partial charge in [0.2, 0.25) is 5.82 Å². The summed E-state index contributed by atoms with van der Waals surface area (Å²) < 4.78 is 5.47. The first kappa shape index (κ1) is 14.3. The van der Waals surface area contributed by atoms with Crippen LogP contribution in [0, 0.1) is 6.92 Å². The van der Waals surface area contributed by atoms with Crippen LogP contribution in [0.1, 0.15) is 35.2 Å². The lowest BCUT2D eigenvalue weighted by atomic mass is 10.1. The summed E-state index contributed by atoms with van der Waals surface area (Å²) in [5, 5.41) is 13.6. The highest BCUT2D eigenvalue weighted by atomic mass is 15.4. The van der Waals surface area contributed by atoms with Gasteiger partial charge in [-0.05, 0) is 37.0 Å². The maximum Gasteiger partial charge on any atom is 0.252 e. The van der Waals surface area contributed by atoms with Gasteiger partial charge >= 0.3 is 0 Å². The van der Waals surface area contributed by atoms with Crippen LogP contribution in [0.2, 0.25) is 0 Å². The van der Waals surface area contributed by atoms with Crippen LogP contribution >= 0.6 is 0 Å². The van der Waals surface area contributed by atoms with Gasteiger partial charge in [0, 0.05) is 38.1 Å². The van der Waals surface area contributed by atoms with Crippen molar-refractivity contribution in [2.75, 3.05) is 0 Å². The van der Waals surface area contributed by atoms with E-state index in [0.717, 1.165) is 23.5 Å². The molecule has 0 amide bonds. The average Bonchev–Trinajstić information content (AvgIpc) is 2.92. The molecule has 1 aliphatic rings. The van der Waals surface area contributed by atoms with Gasteiger partial charge in [-0.25, -0.2) is 9.50 Å². The minimum atomic E-state index is 0.445. The second kappa shape index (κ2) is 4.98. The standard InChI is InChI=1S/C17H18N8/c1-10-4-5-18-17-20-16(22-25(10)17)15-7-14(21-24(15)3)13-6-12(13)11-8-19-23(2)9-11/h4-5,7-9,12-13H,6H2,1-3H3/t12-,13+/m1/s1.